The molecule has 0 saturated heterocycles. The van der Waals surface area contributed by atoms with Gasteiger partial charge < -0.3 is 4.57 Å². The van der Waals surface area contributed by atoms with Gasteiger partial charge in [0.25, 0.3) is 0 Å². The van der Waals surface area contributed by atoms with Gasteiger partial charge in [0.05, 0.1) is 33.6 Å². The van der Waals surface area contributed by atoms with Crippen LogP contribution in [0.25, 0.3) is 127 Å². The zero-order valence-corrected chi connectivity index (χ0v) is 35.2. The van der Waals surface area contributed by atoms with Crippen LogP contribution >= 0.6 is 0 Å². The maximum absolute atomic E-state index is 5.34. The Morgan fingerprint density at radius 3 is 1.48 bits per heavy atom. The third kappa shape index (κ3) is 6.26. The molecule has 0 amide bonds. The molecular formula is C61H38N4. The average Bonchev–Trinajstić information content (AvgIpc) is 3.73. The molecule has 0 aliphatic rings. The number of hydrogen-bond donors (Lipinski definition) is 0. The van der Waals surface area contributed by atoms with E-state index in [2.05, 4.69) is 235 Å². The van der Waals surface area contributed by atoms with Crippen LogP contribution in [-0.2, 0) is 0 Å². The summed E-state index contributed by atoms with van der Waals surface area (Å²) in [5.41, 5.74) is 13.7. The van der Waals surface area contributed by atoms with Crippen molar-refractivity contribution in [2.24, 2.45) is 0 Å². The Morgan fingerprint density at radius 2 is 0.815 bits per heavy atom. The first kappa shape index (κ1) is 36.9. The molecule has 0 saturated carbocycles. The average molecular weight is 827 g/mol. The van der Waals surface area contributed by atoms with Crippen molar-refractivity contribution in [1.29, 1.82) is 0 Å². The third-order valence-corrected chi connectivity index (χ3v) is 13.0. The van der Waals surface area contributed by atoms with E-state index >= 15 is 0 Å². The van der Waals surface area contributed by atoms with Gasteiger partial charge >= 0.3 is 0 Å². The third-order valence-electron chi connectivity index (χ3n) is 13.0. The Morgan fingerprint density at radius 1 is 0.292 bits per heavy atom. The van der Waals surface area contributed by atoms with Crippen molar-refractivity contribution in [1.82, 2.24) is 19.5 Å². The van der Waals surface area contributed by atoms with E-state index in [1.807, 2.05) is 0 Å². The zero-order valence-electron chi connectivity index (χ0n) is 35.2. The summed E-state index contributed by atoms with van der Waals surface area (Å²) in [6.45, 7) is 0. The maximum atomic E-state index is 5.34. The summed E-state index contributed by atoms with van der Waals surface area (Å²) < 4.78 is 2.39. The monoisotopic (exact) mass is 826 g/mol. The number of aromatic nitrogens is 4. The van der Waals surface area contributed by atoms with Gasteiger partial charge in [-0.05, 0) is 81.2 Å². The number of rotatable bonds is 6. The second kappa shape index (κ2) is 15.0. The molecule has 4 nitrogen and oxygen atoms in total. The van der Waals surface area contributed by atoms with Crippen LogP contribution in [0.4, 0.5) is 0 Å². The Hall–Kier alpha value is -8.73. The highest BCUT2D eigenvalue weighted by atomic mass is 15.0. The molecule has 0 fully saturated rings. The Bertz CT molecular complexity index is 3880. The molecule has 4 heteroatoms. The van der Waals surface area contributed by atoms with Gasteiger partial charge in [-0.3, -0.25) is 0 Å². The highest BCUT2D eigenvalue weighted by Crippen LogP contribution is 2.43. The number of pyridine rings is 1. The van der Waals surface area contributed by atoms with Crippen molar-refractivity contribution in [2.75, 3.05) is 0 Å². The van der Waals surface area contributed by atoms with Crippen LogP contribution in [0.3, 0.4) is 0 Å². The molecule has 0 atom stereocenters. The lowest BCUT2D eigenvalue weighted by atomic mass is 9.95. The van der Waals surface area contributed by atoms with E-state index in [1.54, 1.807) is 0 Å². The van der Waals surface area contributed by atoms with E-state index in [-0.39, 0.29) is 0 Å². The first-order valence-electron chi connectivity index (χ1n) is 22.1. The minimum atomic E-state index is 0.691. The minimum absolute atomic E-state index is 0.691. The molecule has 0 spiro atoms. The molecule has 3 aromatic heterocycles. The van der Waals surface area contributed by atoms with E-state index in [0.717, 1.165) is 72.4 Å². The molecular weight excluding hydrogens is 789 g/mol. The van der Waals surface area contributed by atoms with Crippen molar-refractivity contribution in [2.45, 2.75) is 0 Å². The number of nitrogens with zero attached hydrogens (tertiary/aromatic N) is 4. The largest absolute Gasteiger partial charge is 0.309 e. The van der Waals surface area contributed by atoms with Gasteiger partial charge in [0.2, 0.25) is 0 Å². The molecule has 0 aliphatic carbocycles. The molecule has 13 rings (SSSR count). The second-order valence-corrected chi connectivity index (χ2v) is 16.8. The SMILES string of the molecule is c1ccc(-n2c3ccccc3c3c4c(ccc32)c(-c2ccc(-c3ccc(-c5nc(-c6ccc7ccccc7c6)cc(-c6ccc7ccccc7c6)n5)cc3)cc2)nc2ccccc24)cc1. The fourth-order valence-electron chi connectivity index (χ4n) is 9.78. The van der Waals surface area contributed by atoms with E-state index in [9.17, 15) is 0 Å². The maximum Gasteiger partial charge on any atom is 0.160 e. The normalized spacial score (nSPS) is 11.7. The van der Waals surface area contributed by atoms with Crippen LogP contribution in [0.1, 0.15) is 0 Å². The van der Waals surface area contributed by atoms with Crippen LogP contribution in [0.2, 0.25) is 0 Å². The number of hydrogen-bond acceptors (Lipinski definition) is 3. The summed E-state index contributed by atoms with van der Waals surface area (Å²) in [5.74, 6) is 0.691. The first-order valence-corrected chi connectivity index (χ1v) is 22.1. The highest BCUT2D eigenvalue weighted by molar-refractivity contribution is 6.29. The molecule has 10 aromatic carbocycles. The first-order chi connectivity index (χ1) is 32.2. The lowest BCUT2D eigenvalue weighted by Gasteiger charge is -2.13. The quantitative estimate of drug-likeness (QED) is 0.157. The molecule has 13 aromatic rings. The fraction of sp³-hybridized carbons (Fsp3) is 0. The van der Waals surface area contributed by atoms with Gasteiger partial charge in [0.1, 0.15) is 0 Å². The van der Waals surface area contributed by atoms with E-state index in [1.165, 1.54) is 48.7 Å². The molecule has 302 valence electrons. The van der Waals surface area contributed by atoms with Crippen LogP contribution in [0, 0.1) is 0 Å². The van der Waals surface area contributed by atoms with Crippen LogP contribution in [0.5, 0.6) is 0 Å². The smallest absolute Gasteiger partial charge is 0.160 e. The van der Waals surface area contributed by atoms with Crippen molar-refractivity contribution < 1.29 is 0 Å². The lowest BCUT2D eigenvalue weighted by Crippen LogP contribution is -1.96. The van der Waals surface area contributed by atoms with Crippen molar-refractivity contribution in [3.63, 3.8) is 0 Å². The minimum Gasteiger partial charge on any atom is -0.309 e. The Balaban J connectivity index is 0.890. The summed E-state index contributed by atoms with van der Waals surface area (Å²) in [5, 5.41) is 10.8. The molecule has 0 N–H and O–H groups in total. The predicted octanol–water partition coefficient (Wildman–Crippen LogP) is 15.9. The summed E-state index contributed by atoms with van der Waals surface area (Å²) in [6, 6.07) is 82.1. The number of para-hydroxylation sites is 3. The molecule has 65 heavy (non-hydrogen) atoms. The summed E-state index contributed by atoms with van der Waals surface area (Å²) in [6.07, 6.45) is 0. The van der Waals surface area contributed by atoms with Gasteiger partial charge in [0, 0.05) is 54.9 Å². The Labute approximate surface area is 375 Å². The second-order valence-electron chi connectivity index (χ2n) is 16.8. The van der Waals surface area contributed by atoms with Gasteiger partial charge in [-0.2, -0.15) is 0 Å². The van der Waals surface area contributed by atoms with Crippen molar-refractivity contribution in [3.8, 4) is 62.0 Å². The topological polar surface area (TPSA) is 43.6 Å². The van der Waals surface area contributed by atoms with Crippen LogP contribution in [0.15, 0.2) is 231 Å². The highest BCUT2D eigenvalue weighted by Gasteiger charge is 2.20. The van der Waals surface area contributed by atoms with Crippen molar-refractivity contribution >= 4 is 65.0 Å². The van der Waals surface area contributed by atoms with Gasteiger partial charge in [-0.15, -0.1) is 0 Å². The van der Waals surface area contributed by atoms with E-state index < -0.39 is 0 Å². The zero-order chi connectivity index (χ0) is 42.8. The summed E-state index contributed by atoms with van der Waals surface area (Å²) in [7, 11) is 0. The standard InChI is InChI=1S/C61H38N4/c1-2-16-49(17-3-1)65-56-21-11-9-19-51(56)59-57(65)35-34-52-58(59)50-18-8-10-20-53(50)62-60(52)43-28-22-41(23-29-43)42-24-30-44(31-25-42)61-63-54(47-32-26-39-12-4-6-14-45(39)36-47)38-55(64-61)48-33-27-40-13-5-7-15-46(40)37-48/h1-38H. The number of benzene rings is 10. The summed E-state index contributed by atoms with van der Waals surface area (Å²) in [4.78, 5) is 15.7. The molecule has 3 heterocycles. The van der Waals surface area contributed by atoms with Crippen LogP contribution < -0.4 is 0 Å². The van der Waals surface area contributed by atoms with Crippen LogP contribution in [-0.4, -0.2) is 19.5 Å². The van der Waals surface area contributed by atoms with Gasteiger partial charge in [0.15, 0.2) is 5.82 Å². The molecule has 0 radical (unpaired) electrons. The molecule has 0 unspecified atom stereocenters. The predicted molar refractivity (Wildman–Crippen MR) is 271 cm³/mol. The van der Waals surface area contributed by atoms with Gasteiger partial charge in [-0.1, -0.05) is 182 Å². The van der Waals surface area contributed by atoms with E-state index in [4.69, 9.17) is 15.0 Å². The molecule has 0 bridgehead atoms. The Kier molecular flexibility index (Phi) is 8.50. The fourth-order valence-corrected chi connectivity index (χ4v) is 9.78. The number of fused-ring (bicyclic) bond motifs is 9. The lowest BCUT2D eigenvalue weighted by molar-refractivity contribution is 1.18. The summed E-state index contributed by atoms with van der Waals surface area (Å²) >= 11 is 0. The van der Waals surface area contributed by atoms with Crippen molar-refractivity contribution in [3.05, 3.63) is 231 Å². The van der Waals surface area contributed by atoms with E-state index in [0.29, 0.717) is 5.82 Å². The molecule has 0 aliphatic heterocycles. The van der Waals surface area contributed by atoms with Gasteiger partial charge in [-0.25, -0.2) is 15.0 Å².